The maximum atomic E-state index is 5.56. The van der Waals surface area contributed by atoms with Gasteiger partial charge in [0.15, 0.2) is 5.06 Å². The summed E-state index contributed by atoms with van der Waals surface area (Å²) >= 11 is 1.63. The van der Waals surface area contributed by atoms with E-state index in [4.69, 9.17) is 4.74 Å². The summed E-state index contributed by atoms with van der Waals surface area (Å²) in [5.74, 6) is 0. The van der Waals surface area contributed by atoms with Gasteiger partial charge >= 0.3 is 0 Å². The molecule has 0 aliphatic heterocycles. The average Bonchev–Trinajstić information content (AvgIpc) is 2.12. The van der Waals surface area contributed by atoms with Crippen molar-refractivity contribution in [3.63, 3.8) is 0 Å². The van der Waals surface area contributed by atoms with E-state index in [1.165, 1.54) is 0 Å². The molecule has 1 aromatic heterocycles. The molecule has 1 rings (SSSR count). The van der Waals surface area contributed by atoms with Crippen LogP contribution in [0.5, 0.6) is 5.06 Å². The Balaban J connectivity index is 2.57. The standard InChI is InChI=1S/C8H12OS/c1-8(2,3)9-7-5-4-6-10-7/h4-6H,1-3H3. The zero-order valence-corrected chi connectivity index (χ0v) is 7.37. The van der Waals surface area contributed by atoms with Crippen LogP contribution in [0.15, 0.2) is 17.5 Å². The summed E-state index contributed by atoms with van der Waals surface area (Å²) in [6.45, 7) is 6.14. The second-order valence-corrected chi connectivity index (χ2v) is 4.06. The lowest BCUT2D eigenvalue weighted by molar-refractivity contribution is 0.136. The average molecular weight is 156 g/mol. The summed E-state index contributed by atoms with van der Waals surface area (Å²) in [6, 6.07) is 3.97. The highest BCUT2D eigenvalue weighted by atomic mass is 32.1. The maximum Gasteiger partial charge on any atom is 0.174 e. The van der Waals surface area contributed by atoms with E-state index in [1.54, 1.807) is 11.3 Å². The first-order valence-corrected chi connectivity index (χ1v) is 4.18. The van der Waals surface area contributed by atoms with Gasteiger partial charge in [0.2, 0.25) is 0 Å². The van der Waals surface area contributed by atoms with Crippen molar-refractivity contribution in [3.05, 3.63) is 17.5 Å². The summed E-state index contributed by atoms with van der Waals surface area (Å²) in [5, 5.41) is 3.01. The van der Waals surface area contributed by atoms with Crippen molar-refractivity contribution in [2.45, 2.75) is 26.4 Å². The molecule has 10 heavy (non-hydrogen) atoms. The maximum absolute atomic E-state index is 5.56. The summed E-state index contributed by atoms with van der Waals surface area (Å²) in [4.78, 5) is 0. The molecular formula is C8H12OS. The lowest BCUT2D eigenvalue weighted by Crippen LogP contribution is -2.22. The van der Waals surface area contributed by atoms with E-state index < -0.39 is 0 Å². The molecule has 0 unspecified atom stereocenters. The van der Waals surface area contributed by atoms with Gasteiger partial charge in [-0.1, -0.05) is 0 Å². The molecule has 0 amide bonds. The second kappa shape index (κ2) is 2.62. The van der Waals surface area contributed by atoms with Crippen molar-refractivity contribution in [2.24, 2.45) is 0 Å². The van der Waals surface area contributed by atoms with Crippen LogP contribution in [-0.2, 0) is 0 Å². The van der Waals surface area contributed by atoms with E-state index in [-0.39, 0.29) is 5.60 Å². The minimum absolute atomic E-state index is 0.0646. The number of ether oxygens (including phenoxy) is 1. The van der Waals surface area contributed by atoms with Crippen LogP contribution >= 0.6 is 11.3 Å². The van der Waals surface area contributed by atoms with Gasteiger partial charge in [-0.25, -0.2) is 0 Å². The highest BCUT2D eigenvalue weighted by molar-refractivity contribution is 7.11. The van der Waals surface area contributed by atoms with Gasteiger partial charge in [-0.2, -0.15) is 0 Å². The van der Waals surface area contributed by atoms with Crippen LogP contribution in [-0.4, -0.2) is 5.60 Å². The molecule has 0 spiro atoms. The fourth-order valence-corrected chi connectivity index (χ4v) is 1.37. The third kappa shape index (κ3) is 2.40. The van der Waals surface area contributed by atoms with Gasteiger partial charge in [0.25, 0.3) is 0 Å². The van der Waals surface area contributed by atoms with E-state index in [2.05, 4.69) is 0 Å². The minimum Gasteiger partial charge on any atom is -0.479 e. The number of thiophene rings is 1. The molecule has 0 aromatic carbocycles. The van der Waals surface area contributed by atoms with Crippen molar-refractivity contribution in [1.82, 2.24) is 0 Å². The highest BCUT2D eigenvalue weighted by Crippen LogP contribution is 2.23. The predicted molar refractivity (Wildman–Crippen MR) is 44.7 cm³/mol. The van der Waals surface area contributed by atoms with Gasteiger partial charge in [-0.3, -0.25) is 0 Å². The molecule has 0 saturated carbocycles. The second-order valence-electron chi connectivity index (χ2n) is 3.15. The SMILES string of the molecule is CC(C)(C)Oc1cccs1. The summed E-state index contributed by atoms with van der Waals surface area (Å²) in [5.41, 5.74) is -0.0646. The zero-order valence-electron chi connectivity index (χ0n) is 6.55. The van der Waals surface area contributed by atoms with Gasteiger partial charge in [0.1, 0.15) is 5.60 Å². The lowest BCUT2D eigenvalue weighted by atomic mass is 10.2. The Kier molecular flexibility index (Phi) is 2.00. The predicted octanol–water partition coefficient (Wildman–Crippen LogP) is 2.93. The minimum atomic E-state index is -0.0646. The molecule has 0 saturated heterocycles. The molecule has 2 heteroatoms. The van der Waals surface area contributed by atoms with Crippen LogP contribution in [0.3, 0.4) is 0 Å². The van der Waals surface area contributed by atoms with E-state index in [0.29, 0.717) is 0 Å². The number of hydrogen-bond acceptors (Lipinski definition) is 2. The summed E-state index contributed by atoms with van der Waals surface area (Å²) in [6.07, 6.45) is 0. The molecule has 0 aliphatic carbocycles. The highest BCUT2D eigenvalue weighted by Gasteiger charge is 2.11. The molecule has 0 bridgehead atoms. The van der Waals surface area contributed by atoms with Gasteiger partial charge in [-0.05, 0) is 38.3 Å². The van der Waals surface area contributed by atoms with Crippen LogP contribution in [0.4, 0.5) is 0 Å². The molecule has 0 atom stereocenters. The smallest absolute Gasteiger partial charge is 0.174 e. The Hall–Kier alpha value is -0.500. The molecule has 0 radical (unpaired) electrons. The molecule has 0 N–H and O–H groups in total. The summed E-state index contributed by atoms with van der Waals surface area (Å²) < 4.78 is 5.56. The number of hydrogen-bond donors (Lipinski definition) is 0. The van der Waals surface area contributed by atoms with Gasteiger partial charge in [-0.15, -0.1) is 11.3 Å². The Morgan fingerprint density at radius 2 is 2.10 bits per heavy atom. The van der Waals surface area contributed by atoms with E-state index in [1.807, 2.05) is 38.3 Å². The molecule has 1 aromatic rings. The van der Waals surface area contributed by atoms with Crippen molar-refractivity contribution in [3.8, 4) is 5.06 Å². The zero-order chi connectivity index (χ0) is 7.61. The molecule has 0 aliphatic rings. The third-order valence-electron chi connectivity index (χ3n) is 0.902. The first kappa shape index (κ1) is 7.61. The molecular weight excluding hydrogens is 144 g/mol. The van der Waals surface area contributed by atoms with E-state index in [0.717, 1.165) is 5.06 Å². The fraction of sp³-hybridized carbons (Fsp3) is 0.500. The van der Waals surface area contributed by atoms with E-state index >= 15 is 0 Å². The van der Waals surface area contributed by atoms with Crippen LogP contribution in [0.25, 0.3) is 0 Å². The molecule has 1 heterocycles. The topological polar surface area (TPSA) is 9.23 Å². The van der Waals surface area contributed by atoms with Crippen LogP contribution in [0.1, 0.15) is 20.8 Å². The monoisotopic (exact) mass is 156 g/mol. The van der Waals surface area contributed by atoms with E-state index in [9.17, 15) is 0 Å². The molecule has 0 fully saturated rings. The van der Waals surface area contributed by atoms with Crippen LogP contribution in [0, 0.1) is 0 Å². The first-order valence-electron chi connectivity index (χ1n) is 3.30. The van der Waals surface area contributed by atoms with Crippen LogP contribution < -0.4 is 4.74 Å². The summed E-state index contributed by atoms with van der Waals surface area (Å²) in [7, 11) is 0. The van der Waals surface area contributed by atoms with Crippen LogP contribution in [0.2, 0.25) is 0 Å². The Morgan fingerprint density at radius 1 is 1.40 bits per heavy atom. The largest absolute Gasteiger partial charge is 0.479 e. The Labute approximate surface area is 65.6 Å². The lowest BCUT2D eigenvalue weighted by Gasteiger charge is -2.19. The third-order valence-corrected chi connectivity index (χ3v) is 1.65. The number of rotatable bonds is 1. The van der Waals surface area contributed by atoms with Crippen molar-refractivity contribution in [1.29, 1.82) is 0 Å². The molecule has 1 nitrogen and oxygen atoms in total. The van der Waals surface area contributed by atoms with Gasteiger partial charge in [0.05, 0.1) is 0 Å². The fourth-order valence-electron chi connectivity index (χ4n) is 0.623. The first-order chi connectivity index (χ1) is 4.58. The van der Waals surface area contributed by atoms with Crippen molar-refractivity contribution >= 4 is 11.3 Å². The van der Waals surface area contributed by atoms with Gasteiger partial charge in [0, 0.05) is 0 Å². The Bertz CT molecular complexity index is 184. The Morgan fingerprint density at radius 3 is 2.50 bits per heavy atom. The van der Waals surface area contributed by atoms with Crippen molar-refractivity contribution in [2.75, 3.05) is 0 Å². The normalized spacial score (nSPS) is 11.5. The van der Waals surface area contributed by atoms with Crippen molar-refractivity contribution < 1.29 is 4.74 Å². The molecule has 56 valence electrons. The quantitative estimate of drug-likeness (QED) is 0.607. The van der Waals surface area contributed by atoms with Gasteiger partial charge < -0.3 is 4.74 Å².